The first kappa shape index (κ1) is 14.9. The van der Waals surface area contributed by atoms with E-state index in [1.807, 2.05) is 35.2 Å². The minimum Gasteiger partial charge on any atom is -0.448 e. The van der Waals surface area contributed by atoms with E-state index < -0.39 is 12.1 Å². The van der Waals surface area contributed by atoms with Crippen molar-refractivity contribution < 1.29 is 14.3 Å². The van der Waals surface area contributed by atoms with Gasteiger partial charge in [-0.25, -0.2) is 4.79 Å². The van der Waals surface area contributed by atoms with Crippen molar-refractivity contribution in [3.05, 3.63) is 65.5 Å². The Balaban J connectivity index is 1.57. The van der Waals surface area contributed by atoms with E-state index in [-0.39, 0.29) is 11.9 Å². The zero-order chi connectivity index (χ0) is 16.5. The lowest BCUT2D eigenvalue weighted by atomic mass is 9.97. The summed E-state index contributed by atoms with van der Waals surface area (Å²) >= 11 is 0. The highest BCUT2D eigenvalue weighted by Crippen LogP contribution is 2.33. The Hall–Kier alpha value is -2.69. The fourth-order valence-corrected chi connectivity index (χ4v) is 3.62. The highest BCUT2D eigenvalue weighted by atomic mass is 16.5. The van der Waals surface area contributed by atoms with E-state index >= 15 is 0 Å². The maximum atomic E-state index is 13.0. The number of amides is 1. The van der Waals surface area contributed by atoms with Crippen LogP contribution in [0.15, 0.2) is 48.8 Å². The molecule has 0 radical (unpaired) electrons. The molecule has 5 nitrogen and oxygen atoms in total. The van der Waals surface area contributed by atoms with Gasteiger partial charge in [0.05, 0.1) is 11.6 Å². The molecule has 1 fully saturated rings. The van der Waals surface area contributed by atoms with E-state index in [1.165, 1.54) is 0 Å². The van der Waals surface area contributed by atoms with Crippen LogP contribution in [0.3, 0.4) is 0 Å². The topological polar surface area (TPSA) is 59.5 Å². The molecule has 0 saturated carbocycles. The van der Waals surface area contributed by atoms with Crippen LogP contribution in [-0.4, -0.2) is 34.4 Å². The molecular formula is C19H18N2O3. The molecule has 2 atom stereocenters. The minimum atomic E-state index is -0.727. The highest BCUT2D eigenvalue weighted by molar-refractivity contribution is 5.95. The number of fused-ring (bicyclic) bond motifs is 1. The number of ether oxygens (including phenoxy) is 1. The molecule has 2 aliphatic heterocycles. The van der Waals surface area contributed by atoms with Crippen molar-refractivity contribution in [2.24, 2.45) is 0 Å². The number of benzene rings is 1. The van der Waals surface area contributed by atoms with Gasteiger partial charge in [-0.05, 0) is 42.2 Å². The van der Waals surface area contributed by atoms with E-state index in [1.54, 1.807) is 18.5 Å². The second-order valence-electron chi connectivity index (χ2n) is 6.23. The normalized spacial score (nSPS) is 22.8. The fourth-order valence-electron chi connectivity index (χ4n) is 3.62. The summed E-state index contributed by atoms with van der Waals surface area (Å²) in [6, 6.07) is 11.2. The van der Waals surface area contributed by atoms with Crippen LogP contribution in [0.2, 0.25) is 0 Å². The predicted molar refractivity (Wildman–Crippen MR) is 87.3 cm³/mol. The van der Waals surface area contributed by atoms with Crippen molar-refractivity contribution in [1.82, 2.24) is 9.88 Å². The molecule has 0 bridgehead atoms. The van der Waals surface area contributed by atoms with Gasteiger partial charge in [-0.2, -0.15) is 0 Å². The number of carbonyl (C=O) groups excluding carboxylic acids is 2. The third-order valence-corrected chi connectivity index (χ3v) is 4.79. The summed E-state index contributed by atoms with van der Waals surface area (Å²) in [5, 5.41) is 0. The molecule has 5 heteroatoms. The highest BCUT2D eigenvalue weighted by Gasteiger charge is 2.38. The molecule has 1 amide bonds. The van der Waals surface area contributed by atoms with Gasteiger partial charge < -0.3 is 9.64 Å². The van der Waals surface area contributed by atoms with Crippen molar-refractivity contribution in [1.29, 1.82) is 0 Å². The number of aromatic nitrogens is 1. The Bertz CT molecular complexity index is 775. The molecule has 0 spiro atoms. The van der Waals surface area contributed by atoms with Gasteiger partial charge >= 0.3 is 5.97 Å². The van der Waals surface area contributed by atoms with Crippen LogP contribution < -0.4 is 0 Å². The zero-order valence-electron chi connectivity index (χ0n) is 13.2. The smallest absolute Gasteiger partial charge is 0.339 e. The largest absolute Gasteiger partial charge is 0.448 e. The van der Waals surface area contributed by atoms with E-state index in [2.05, 4.69) is 4.98 Å². The van der Waals surface area contributed by atoms with Gasteiger partial charge in [-0.15, -0.1) is 0 Å². The molecule has 1 aromatic carbocycles. The number of hydrogen-bond acceptors (Lipinski definition) is 4. The van der Waals surface area contributed by atoms with Crippen LogP contribution in [-0.2, 0) is 16.0 Å². The Morgan fingerprint density at radius 1 is 1.17 bits per heavy atom. The molecule has 2 unspecified atom stereocenters. The SMILES string of the molecule is O=C1OC(C(=O)N2CCCC2c2ccncc2)Cc2ccccc21. The molecule has 122 valence electrons. The number of cyclic esters (lactones) is 1. The summed E-state index contributed by atoms with van der Waals surface area (Å²) in [5.74, 6) is -0.507. The zero-order valence-corrected chi connectivity index (χ0v) is 13.2. The Kier molecular flexibility index (Phi) is 3.76. The number of esters is 1. The summed E-state index contributed by atoms with van der Waals surface area (Å²) < 4.78 is 5.43. The predicted octanol–water partition coefficient (Wildman–Crippen LogP) is 2.53. The van der Waals surface area contributed by atoms with Crippen molar-refractivity contribution in [2.45, 2.75) is 31.4 Å². The molecular weight excluding hydrogens is 304 g/mol. The second-order valence-corrected chi connectivity index (χ2v) is 6.23. The van der Waals surface area contributed by atoms with Crippen LogP contribution in [0, 0.1) is 0 Å². The number of carbonyl (C=O) groups is 2. The standard InChI is InChI=1S/C19H18N2O3/c22-18(17-12-14-4-1-2-5-15(14)19(23)24-17)21-11-3-6-16(21)13-7-9-20-10-8-13/h1-2,4-5,7-10,16-17H,3,6,11-12H2. The summed E-state index contributed by atoms with van der Waals surface area (Å²) in [7, 11) is 0. The van der Waals surface area contributed by atoms with Crippen LogP contribution in [0.4, 0.5) is 0 Å². The Labute approximate surface area is 140 Å². The first-order valence-corrected chi connectivity index (χ1v) is 8.23. The monoisotopic (exact) mass is 322 g/mol. The maximum Gasteiger partial charge on any atom is 0.339 e. The molecule has 2 aliphatic rings. The Morgan fingerprint density at radius 3 is 2.79 bits per heavy atom. The van der Waals surface area contributed by atoms with Gasteiger partial charge in [0.1, 0.15) is 0 Å². The second kappa shape index (κ2) is 6.07. The molecule has 0 aliphatic carbocycles. The number of rotatable bonds is 2. The average molecular weight is 322 g/mol. The lowest BCUT2D eigenvalue weighted by molar-refractivity contribution is -0.142. The summed E-state index contributed by atoms with van der Waals surface area (Å²) in [5.41, 5.74) is 2.53. The lowest BCUT2D eigenvalue weighted by Gasteiger charge is -2.31. The third kappa shape index (κ3) is 2.56. The molecule has 1 aromatic heterocycles. The van der Waals surface area contributed by atoms with Crippen LogP contribution >= 0.6 is 0 Å². The van der Waals surface area contributed by atoms with E-state index in [4.69, 9.17) is 4.74 Å². The first-order valence-electron chi connectivity index (χ1n) is 8.23. The molecule has 24 heavy (non-hydrogen) atoms. The first-order chi connectivity index (χ1) is 11.7. The summed E-state index contributed by atoms with van der Waals surface area (Å²) in [4.78, 5) is 31.0. The molecule has 4 rings (SSSR count). The number of likely N-dealkylation sites (tertiary alicyclic amines) is 1. The number of pyridine rings is 1. The molecule has 3 heterocycles. The minimum absolute atomic E-state index is 0.0383. The van der Waals surface area contributed by atoms with E-state index in [0.29, 0.717) is 18.5 Å². The van der Waals surface area contributed by atoms with Gasteiger partial charge in [-0.3, -0.25) is 9.78 Å². The van der Waals surface area contributed by atoms with E-state index in [0.717, 1.165) is 24.0 Å². The van der Waals surface area contributed by atoms with Gasteiger partial charge in [0, 0.05) is 25.4 Å². The number of nitrogens with zero attached hydrogens (tertiary/aromatic N) is 2. The molecule has 1 saturated heterocycles. The van der Waals surface area contributed by atoms with Crippen molar-refractivity contribution >= 4 is 11.9 Å². The van der Waals surface area contributed by atoms with E-state index in [9.17, 15) is 9.59 Å². The van der Waals surface area contributed by atoms with Crippen molar-refractivity contribution in [3.8, 4) is 0 Å². The average Bonchev–Trinajstić information content (AvgIpc) is 3.11. The van der Waals surface area contributed by atoms with Crippen LogP contribution in [0.1, 0.15) is 40.4 Å². The lowest BCUT2D eigenvalue weighted by Crippen LogP contribution is -2.44. The third-order valence-electron chi connectivity index (χ3n) is 4.79. The summed E-state index contributed by atoms with van der Waals surface area (Å²) in [6.45, 7) is 0.696. The fraction of sp³-hybridized carbons (Fsp3) is 0.316. The van der Waals surface area contributed by atoms with Crippen molar-refractivity contribution in [2.75, 3.05) is 6.54 Å². The van der Waals surface area contributed by atoms with Gasteiger partial charge in [0.25, 0.3) is 5.91 Å². The van der Waals surface area contributed by atoms with Gasteiger partial charge in [0.2, 0.25) is 0 Å². The Morgan fingerprint density at radius 2 is 1.96 bits per heavy atom. The van der Waals surface area contributed by atoms with Gasteiger partial charge in [0.15, 0.2) is 6.10 Å². The summed E-state index contributed by atoms with van der Waals surface area (Å²) in [6.07, 6.45) is 5.08. The quantitative estimate of drug-likeness (QED) is 0.797. The molecule has 0 N–H and O–H groups in total. The van der Waals surface area contributed by atoms with Crippen LogP contribution in [0.25, 0.3) is 0 Å². The van der Waals surface area contributed by atoms with Gasteiger partial charge in [-0.1, -0.05) is 18.2 Å². The molecule has 2 aromatic rings. The number of hydrogen-bond donors (Lipinski definition) is 0. The maximum absolute atomic E-state index is 13.0. The van der Waals surface area contributed by atoms with Crippen LogP contribution in [0.5, 0.6) is 0 Å². The van der Waals surface area contributed by atoms with Crippen molar-refractivity contribution in [3.63, 3.8) is 0 Å².